The topological polar surface area (TPSA) is 51.8 Å². The summed E-state index contributed by atoms with van der Waals surface area (Å²) in [5, 5.41) is 2.14. The molecule has 4 heteroatoms. The molecule has 9 aromatic rings. The third-order valence-electron chi connectivity index (χ3n) is 8.95. The zero-order valence-corrected chi connectivity index (χ0v) is 26.5. The minimum atomic E-state index is 0.593. The molecular formula is C45H29N3O. The Morgan fingerprint density at radius 1 is 0.265 bits per heavy atom. The summed E-state index contributed by atoms with van der Waals surface area (Å²) >= 11 is 0. The van der Waals surface area contributed by atoms with Gasteiger partial charge in [-0.25, -0.2) is 15.0 Å². The first kappa shape index (κ1) is 28.6. The van der Waals surface area contributed by atoms with Gasteiger partial charge < -0.3 is 4.42 Å². The minimum Gasteiger partial charge on any atom is -0.456 e. The lowest BCUT2D eigenvalue weighted by Gasteiger charge is -2.10. The van der Waals surface area contributed by atoms with Gasteiger partial charge in [0, 0.05) is 27.5 Å². The fourth-order valence-corrected chi connectivity index (χ4v) is 6.40. The van der Waals surface area contributed by atoms with Crippen molar-refractivity contribution >= 4 is 21.9 Å². The fraction of sp³-hybridized carbons (Fsp3) is 0. The van der Waals surface area contributed by atoms with Crippen molar-refractivity contribution in [3.63, 3.8) is 0 Å². The molecule has 9 rings (SSSR count). The van der Waals surface area contributed by atoms with E-state index in [2.05, 4.69) is 121 Å². The molecule has 0 unspecified atom stereocenters. The highest BCUT2D eigenvalue weighted by Crippen LogP contribution is 2.35. The second-order valence-electron chi connectivity index (χ2n) is 12.1. The molecule has 0 aliphatic heterocycles. The quantitative estimate of drug-likeness (QED) is 0.184. The van der Waals surface area contributed by atoms with Crippen LogP contribution in [0.4, 0.5) is 0 Å². The number of nitrogens with zero attached hydrogens (tertiary/aromatic N) is 3. The zero-order chi connectivity index (χ0) is 32.6. The largest absolute Gasteiger partial charge is 0.456 e. The number of aromatic nitrogens is 3. The fourth-order valence-electron chi connectivity index (χ4n) is 6.40. The molecule has 0 saturated heterocycles. The molecule has 0 saturated carbocycles. The monoisotopic (exact) mass is 627 g/mol. The van der Waals surface area contributed by atoms with Crippen LogP contribution in [0, 0.1) is 0 Å². The molecule has 0 aliphatic carbocycles. The third kappa shape index (κ3) is 5.56. The van der Waals surface area contributed by atoms with E-state index < -0.39 is 0 Å². The molecule has 230 valence electrons. The highest BCUT2D eigenvalue weighted by atomic mass is 16.3. The maximum Gasteiger partial charge on any atom is 0.164 e. The molecule has 2 heterocycles. The van der Waals surface area contributed by atoms with Gasteiger partial charge in [-0.05, 0) is 63.7 Å². The first-order valence-electron chi connectivity index (χ1n) is 16.4. The van der Waals surface area contributed by atoms with Gasteiger partial charge in [-0.2, -0.15) is 0 Å². The lowest BCUT2D eigenvalue weighted by atomic mass is 9.98. The third-order valence-corrected chi connectivity index (χ3v) is 8.95. The first-order chi connectivity index (χ1) is 24.2. The molecule has 0 bridgehead atoms. The van der Waals surface area contributed by atoms with Crippen LogP contribution in [-0.2, 0) is 0 Å². The van der Waals surface area contributed by atoms with E-state index in [4.69, 9.17) is 19.4 Å². The van der Waals surface area contributed by atoms with Crippen molar-refractivity contribution in [1.29, 1.82) is 0 Å². The molecule has 0 radical (unpaired) electrons. The van der Waals surface area contributed by atoms with Crippen LogP contribution in [0.5, 0.6) is 0 Å². The summed E-state index contributed by atoms with van der Waals surface area (Å²) in [5.41, 5.74) is 11.4. The van der Waals surface area contributed by atoms with E-state index in [9.17, 15) is 0 Å². The highest BCUT2D eigenvalue weighted by Gasteiger charge is 2.15. The van der Waals surface area contributed by atoms with Gasteiger partial charge in [0.2, 0.25) is 0 Å². The normalized spacial score (nSPS) is 11.3. The Balaban J connectivity index is 1.10. The Kier molecular flexibility index (Phi) is 7.10. The second kappa shape index (κ2) is 12.2. The van der Waals surface area contributed by atoms with Gasteiger partial charge in [0.25, 0.3) is 0 Å². The molecule has 0 aliphatic rings. The average Bonchev–Trinajstić information content (AvgIpc) is 3.56. The van der Waals surface area contributed by atoms with E-state index in [1.54, 1.807) is 0 Å². The van der Waals surface area contributed by atoms with Gasteiger partial charge in [0.15, 0.2) is 17.5 Å². The van der Waals surface area contributed by atoms with Crippen LogP contribution in [0.3, 0.4) is 0 Å². The Morgan fingerprint density at radius 3 is 1.31 bits per heavy atom. The summed E-state index contributed by atoms with van der Waals surface area (Å²) in [6.07, 6.45) is 0. The van der Waals surface area contributed by atoms with Crippen LogP contribution in [-0.4, -0.2) is 15.0 Å². The van der Waals surface area contributed by atoms with Crippen molar-refractivity contribution in [2.24, 2.45) is 0 Å². The summed E-state index contributed by atoms with van der Waals surface area (Å²) in [6, 6.07) is 60.6. The SMILES string of the molecule is c1ccc(-c2cccc(-c3ccc(-c4nc(-c5ccccc5)nc(-c5ccc6c(c5)oc5ccc(-c7ccccc7)cc56)n4)cc3)c2)cc1. The van der Waals surface area contributed by atoms with Crippen LogP contribution < -0.4 is 0 Å². The van der Waals surface area contributed by atoms with Gasteiger partial charge in [0.1, 0.15) is 11.2 Å². The molecular weight excluding hydrogens is 599 g/mol. The smallest absolute Gasteiger partial charge is 0.164 e. The van der Waals surface area contributed by atoms with E-state index in [-0.39, 0.29) is 0 Å². The summed E-state index contributed by atoms with van der Waals surface area (Å²) in [7, 11) is 0. The minimum absolute atomic E-state index is 0.593. The van der Waals surface area contributed by atoms with E-state index in [0.29, 0.717) is 17.5 Å². The molecule has 0 amide bonds. The number of benzene rings is 7. The van der Waals surface area contributed by atoms with Crippen LogP contribution in [0.1, 0.15) is 0 Å². The first-order valence-corrected chi connectivity index (χ1v) is 16.4. The van der Waals surface area contributed by atoms with Crippen molar-refractivity contribution in [3.8, 4) is 67.5 Å². The van der Waals surface area contributed by atoms with Crippen LogP contribution >= 0.6 is 0 Å². The van der Waals surface area contributed by atoms with Crippen LogP contribution in [0.25, 0.3) is 89.5 Å². The predicted octanol–water partition coefficient (Wildman–Crippen LogP) is 11.8. The number of rotatable bonds is 6. The van der Waals surface area contributed by atoms with Gasteiger partial charge in [-0.1, -0.05) is 146 Å². The molecule has 7 aromatic carbocycles. The van der Waals surface area contributed by atoms with Gasteiger partial charge in [0.05, 0.1) is 0 Å². The van der Waals surface area contributed by atoms with Crippen molar-refractivity contribution in [2.45, 2.75) is 0 Å². The standard InChI is InChI=1S/C45H29N3O/c1-4-11-30(12-5-1)35-17-10-18-36(27-35)32-19-21-34(22-20-32)44-46-43(33-15-8-3-9-16-33)47-45(48-44)38-23-25-39-40-28-37(31-13-6-2-7-14-31)24-26-41(40)49-42(39)29-38/h1-29H. The Bertz CT molecular complexity index is 2580. The molecule has 0 N–H and O–H groups in total. The highest BCUT2D eigenvalue weighted by molar-refractivity contribution is 6.07. The zero-order valence-electron chi connectivity index (χ0n) is 26.5. The molecule has 0 fully saturated rings. The van der Waals surface area contributed by atoms with Crippen molar-refractivity contribution in [3.05, 3.63) is 176 Å². The van der Waals surface area contributed by atoms with Gasteiger partial charge >= 0.3 is 0 Å². The van der Waals surface area contributed by atoms with E-state index >= 15 is 0 Å². The summed E-state index contributed by atoms with van der Waals surface area (Å²) in [6.45, 7) is 0. The summed E-state index contributed by atoms with van der Waals surface area (Å²) < 4.78 is 6.36. The number of hydrogen-bond acceptors (Lipinski definition) is 4. The number of furan rings is 1. The predicted molar refractivity (Wildman–Crippen MR) is 200 cm³/mol. The maximum atomic E-state index is 6.36. The Labute approximate surface area is 284 Å². The van der Waals surface area contributed by atoms with Gasteiger partial charge in [-0.3, -0.25) is 0 Å². The van der Waals surface area contributed by atoms with Gasteiger partial charge in [-0.15, -0.1) is 0 Å². The average molecular weight is 628 g/mol. The van der Waals surface area contributed by atoms with Crippen molar-refractivity contribution < 1.29 is 4.42 Å². The van der Waals surface area contributed by atoms with Crippen molar-refractivity contribution in [1.82, 2.24) is 15.0 Å². The van der Waals surface area contributed by atoms with E-state index in [0.717, 1.165) is 55.3 Å². The molecule has 4 nitrogen and oxygen atoms in total. The Morgan fingerprint density at radius 2 is 0.694 bits per heavy atom. The second-order valence-corrected chi connectivity index (χ2v) is 12.1. The molecule has 49 heavy (non-hydrogen) atoms. The summed E-state index contributed by atoms with van der Waals surface area (Å²) in [4.78, 5) is 14.9. The van der Waals surface area contributed by atoms with Crippen LogP contribution in [0.15, 0.2) is 180 Å². The number of fused-ring (bicyclic) bond motifs is 3. The molecule has 0 atom stereocenters. The Hall–Kier alpha value is -6.65. The number of hydrogen-bond donors (Lipinski definition) is 0. The van der Waals surface area contributed by atoms with Crippen molar-refractivity contribution in [2.75, 3.05) is 0 Å². The molecule has 0 spiro atoms. The van der Waals surface area contributed by atoms with E-state index in [1.165, 1.54) is 16.7 Å². The summed E-state index contributed by atoms with van der Waals surface area (Å²) in [5.74, 6) is 1.83. The molecule has 2 aromatic heterocycles. The van der Waals surface area contributed by atoms with E-state index in [1.807, 2.05) is 54.6 Å². The lowest BCUT2D eigenvalue weighted by molar-refractivity contribution is 0.669. The maximum absolute atomic E-state index is 6.36. The van der Waals surface area contributed by atoms with Crippen LogP contribution in [0.2, 0.25) is 0 Å². The lowest BCUT2D eigenvalue weighted by Crippen LogP contribution is -2.00.